The largest absolute Gasteiger partial charge is 0.376 e. The van der Waals surface area contributed by atoms with E-state index in [1.165, 1.54) is 27.1 Å². The molecule has 1 unspecified atom stereocenters. The lowest BCUT2D eigenvalue weighted by Gasteiger charge is -2.24. The summed E-state index contributed by atoms with van der Waals surface area (Å²) in [5.41, 5.74) is 2.32. The number of nitrogens with one attached hydrogen (secondary N) is 1. The van der Waals surface area contributed by atoms with E-state index in [0.717, 1.165) is 12.1 Å². The van der Waals surface area contributed by atoms with Crippen molar-refractivity contribution < 1.29 is 0 Å². The number of thiophene rings is 1. The lowest BCUT2D eigenvalue weighted by Crippen LogP contribution is -2.15. The fraction of sp³-hybridized carbons (Fsp3) is 0.308. The van der Waals surface area contributed by atoms with E-state index in [1.807, 2.05) is 23.5 Å². The van der Waals surface area contributed by atoms with Gasteiger partial charge in [0.05, 0.1) is 15.5 Å². The van der Waals surface area contributed by atoms with Crippen LogP contribution in [0.3, 0.4) is 0 Å². The van der Waals surface area contributed by atoms with Crippen molar-refractivity contribution in [3.05, 3.63) is 43.8 Å². The zero-order valence-corrected chi connectivity index (χ0v) is 12.8. The summed E-state index contributed by atoms with van der Waals surface area (Å²) < 4.78 is 1.21. The fourth-order valence-corrected chi connectivity index (χ4v) is 4.35. The molecule has 2 nitrogen and oxygen atoms in total. The molecule has 0 spiro atoms. The van der Waals surface area contributed by atoms with E-state index in [-0.39, 0.29) is 0 Å². The Kier molecular flexibility index (Phi) is 3.59. The van der Waals surface area contributed by atoms with Crippen LogP contribution in [0.1, 0.15) is 29.3 Å². The first kappa shape index (κ1) is 12.5. The molecule has 0 saturated heterocycles. The number of rotatable bonds is 2. The second kappa shape index (κ2) is 5.19. The molecule has 2 heterocycles. The van der Waals surface area contributed by atoms with Crippen LogP contribution in [-0.2, 0) is 6.42 Å². The average Bonchev–Trinajstić information content (AvgIpc) is 2.73. The van der Waals surface area contributed by atoms with Gasteiger partial charge >= 0.3 is 0 Å². The van der Waals surface area contributed by atoms with Crippen molar-refractivity contribution in [2.45, 2.75) is 25.3 Å². The lowest BCUT2D eigenvalue weighted by atomic mass is 9.94. The molecule has 3 rings (SSSR count). The second-order valence-electron chi connectivity index (χ2n) is 4.36. The molecule has 0 aromatic carbocycles. The first-order valence-electron chi connectivity index (χ1n) is 5.89. The summed E-state index contributed by atoms with van der Waals surface area (Å²) in [5, 5.41) is 4.05. The summed E-state index contributed by atoms with van der Waals surface area (Å²) in [6.07, 6.45) is 5.25. The summed E-state index contributed by atoms with van der Waals surface area (Å²) in [6.45, 7) is 0. The van der Waals surface area contributed by atoms with Crippen LogP contribution < -0.4 is 5.32 Å². The molecule has 1 atom stereocenters. The summed E-state index contributed by atoms with van der Waals surface area (Å²) >= 11 is 11.5. The third-order valence-corrected chi connectivity index (χ3v) is 5.19. The van der Waals surface area contributed by atoms with Crippen LogP contribution in [0.2, 0.25) is 5.15 Å². The number of aromatic nitrogens is 1. The van der Waals surface area contributed by atoms with Crippen molar-refractivity contribution in [3.8, 4) is 0 Å². The summed E-state index contributed by atoms with van der Waals surface area (Å²) in [4.78, 5) is 5.58. The van der Waals surface area contributed by atoms with Gasteiger partial charge in [0.2, 0.25) is 0 Å². The molecule has 18 heavy (non-hydrogen) atoms. The minimum Gasteiger partial charge on any atom is -0.376 e. The van der Waals surface area contributed by atoms with Crippen LogP contribution in [0.25, 0.3) is 0 Å². The van der Waals surface area contributed by atoms with Crippen molar-refractivity contribution in [2.75, 3.05) is 5.32 Å². The molecular weight excluding hydrogens is 332 g/mol. The van der Waals surface area contributed by atoms with E-state index in [4.69, 9.17) is 11.6 Å². The molecule has 0 radical (unpaired) electrons. The molecule has 0 bridgehead atoms. The predicted molar refractivity (Wildman–Crippen MR) is 80.6 cm³/mol. The Bertz CT molecular complexity index is 570. The van der Waals surface area contributed by atoms with E-state index < -0.39 is 0 Å². The van der Waals surface area contributed by atoms with Gasteiger partial charge in [-0.2, -0.15) is 0 Å². The lowest BCUT2D eigenvalue weighted by molar-refractivity contribution is 0.608. The summed E-state index contributed by atoms with van der Waals surface area (Å²) in [5.74, 6) is 0. The molecule has 5 heteroatoms. The first-order chi connectivity index (χ1) is 8.74. The zero-order chi connectivity index (χ0) is 12.5. The van der Waals surface area contributed by atoms with Crippen LogP contribution in [-0.4, -0.2) is 4.98 Å². The highest BCUT2D eigenvalue weighted by Gasteiger charge is 2.23. The highest BCUT2D eigenvalue weighted by atomic mass is 79.9. The zero-order valence-electron chi connectivity index (χ0n) is 9.62. The maximum atomic E-state index is 6.10. The standard InChI is InChI=1S/C13H12BrClN2S/c14-12-7-8-9(3-1-5-11(8)18-12)17-10-4-2-6-16-13(10)15/h2,4,6-7,9,17H,1,3,5H2. The van der Waals surface area contributed by atoms with Crippen LogP contribution in [0.4, 0.5) is 5.69 Å². The van der Waals surface area contributed by atoms with Gasteiger partial charge in [-0.1, -0.05) is 11.6 Å². The number of hydrogen-bond acceptors (Lipinski definition) is 3. The van der Waals surface area contributed by atoms with Crippen LogP contribution in [0, 0.1) is 0 Å². The van der Waals surface area contributed by atoms with E-state index in [9.17, 15) is 0 Å². The third-order valence-electron chi connectivity index (χ3n) is 3.17. The molecule has 0 aliphatic heterocycles. The molecule has 0 fully saturated rings. The number of fused-ring (bicyclic) bond motifs is 1. The Morgan fingerprint density at radius 3 is 3.22 bits per heavy atom. The van der Waals surface area contributed by atoms with Crippen LogP contribution in [0.5, 0.6) is 0 Å². The Morgan fingerprint density at radius 1 is 1.50 bits per heavy atom. The molecule has 1 aliphatic carbocycles. The molecule has 2 aromatic rings. The molecule has 1 aliphatic rings. The smallest absolute Gasteiger partial charge is 0.152 e. The van der Waals surface area contributed by atoms with Crippen molar-refractivity contribution >= 4 is 44.6 Å². The van der Waals surface area contributed by atoms with Crippen LogP contribution >= 0.6 is 38.9 Å². The van der Waals surface area contributed by atoms with Gasteiger partial charge in [0.15, 0.2) is 5.15 Å². The number of hydrogen-bond donors (Lipinski definition) is 1. The number of halogens is 2. The molecule has 94 valence electrons. The summed E-state index contributed by atoms with van der Waals surface area (Å²) in [6, 6.07) is 6.45. The van der Waals surface area contributed by atoms with E-state index in [0.29, 0.717) is 11.2 Å². The third kappa shape index (κ3) is 2.42. The van der Waals surface area contributed by atoms with Gasteiger partial charge in [0.25, 0.3) is 0 Å². The predicted octanol–water partition coefficient (Wildman–Crippen LogP) is 5.05. The normalized spacial score (nSPS) is 18.4. The van der Waals surface area contributed by atoms with Gasteiger partial charge in [0, 0.05) is 11.1 Å². The topological polar surface area (TPSA) is 24.9 Å². The first-order valence-corrected chi connectivity index (χ1v) is 7.88. The molecule has 2 aromatic heterocycles. The van der Waals surface area contributed by atoms with Crippen molar-refractivity contribution in [1.82, 2.24) is 4.98 Å². The highest BCUT2D eigenvalue weighted by molar-refractivity contribution is 9.11. The van der Waals surface area contributed by atoms with E-state index in [1.54, 1.807) is 6.20 Å². The Hall–Kier alpha value is -0.580. The molecule has 0 amide bonds. The van der Waals surface area contributed by atoms with Crippen molar-refractivity contribution in [1.29, 1.82) is 0 Å². The second-order valence-corrected chi connectivity index (χ2v) is 7.23. The minimum absolute atomic E-state index is 0.345. The average molecular weight is 344 g/mol. The fourth-order valence-electron chi connectivity index (χ4n) is 2.35. The Morgan fingerprint density at radius 2 is 2.39 bits per heavy atom. The quantitative estimate of drug-likeness (QED) is 0.772. The van der Waals surface area contributed by atoms with Gasteiger partial charge in [-0.15, -0.1) is 11.3 Å². The van der Waals surface area contributed by atoms with Gasteiger partial charge in [-0.05, 0) is 59.0 Å². The van der Waals surface area contributed by atoms with Crippen molar-refractivity contribution in [2.24, 2.45) is 0 Å². The Balaban J connectivity index is 1.88. The molecule has 0 saturated carbocycles. The van der Waals surface area contributed by atoms with Gasteiger partial charge in [-0.3, -0.25) is 0 Å². The van der Waals surface area contributed by atoms with Crippen LogP contribution in [0.15, 0.2) is 28.2 Å². The van der Waals surface area contributed by atoms with Gasteiger partial charge in [0.1, 0.15) is 0 Å². The summed E-state index contributed by atoms with van der Waals surface area (Å²) in [7, 11) is 0. The number of nitrogens with zero attached hydrogens (tertiary/aromatic N) is 1. The SMILES string of the molecule is Clc1ncccc1NC1CCCc2sc(Br)cc21. The maximum absolute atomic E-state index is 6.10. The number of pyridine rings is 1. The monoisotopic (exact) mass is 342 g/mol. The van der Waals surface area contributed by atoms with Gasteiger partial charge in [-0.25, -0.2) is 4.98 Å². The van der Waals surface area contributed by atoms with Crippen molar-refractivity contribution in [3.63, 3.8) is 0 Å². The molecule has 1 N–H and O–H groups in total. The number of anilines is 1. The molecular formula is C13H12BrClN2S. The number of aryl methyl sites for hydroxylation is 1. The Labute approximate surface area is 124 Å². The van der Waals surface area contributed by atoms with E-state index >= 15 is 0 Å². The highest BCUT2D eigenvalue weighted by Crippen LogP contribution is 2.40. The van der Waals surface area contributed by atoms with Gasteiger partial charge < -0.3 is 5.32 Å². The van der Waals surface area contributed by atoms with E-state index in [2.05, 4.69) is 32.3 Å². The minimum atomic E-state index is 0.345. The maximum Gasteiger partial charge on any atom is 0.152 e.